The minimum Gasteiger partial charge on any atom is -0.394 e. The van der Waals surface area contributed by atoms with E-state index < -0.39 is 30.7 Å². The summed E-state index contributed by atoms with van der Waals surface area (Å²) in [6.07, 6.45) is -3.43. The van der Waals surface area contributed by atoms with E-state index in [4.69, 9.17) is 15.3 Å². The molecule has 0 aliphatic carbocycles. The van der Waals surface area contributed by atoms with Crippen LogP contribution in [0, 0.1) is 0 Å². The highest BCUT2D eigenvalue weighted by Gasteiger charge is 2.24. The van der Waals surface area contributed by atoms with Crippen molar-refractivity contribution in [2.24, 2.45) is 0 Å². The lowest BCUT2D eigenvalue weighted by atomic mass is 10.2. The van der Waals surface area contributed by atoms with E-state index in [9.17, 15) is 9.59 Å². The SMILES string of the molecule is CC(=O)ONC(=O)C(O)C(O)CO. The molecule has 0 aliphatic heterocycles. The first-order valence-corrected chi connectivity index (χ1v) is 3.43. The molecule has 76 valence electrons. The molecule has 13 heavy (non-hydrogen) atoms. The van der Waals surface area contributed by atoms with E-state index in [2.05, 4.69) is 4.84 Å². The van der Waals surface area contributed by atoms with Crippen LogP contribution < -0.4 is 5.48 Å². The maximum Gasteiger partial charge on any atom is 0.329 e. The lowest BCUT2D eigenvalue weighted by molar-refractivity contribution is -0.162. The largest absolute Gasteiger partial charge is 0.394 e. The number of hydrogen-bond acceptors (Lipinski definition) is 6. The fourth-order valence-corrected chi connectivity index (χ4v) is 0.457. The van der Waals surface area contributed by atoms with Gasteiger partial charge in [0.05, 0.1) is 6.61 Å². The topological polar surface area (TPSA) is 116 Å². The standard InChI is InChI=1S/C6H11NO6/c1-3(9)13-7-6(12)5(11)4(10)2-8/h4-5,8,10-11H,2H2,1H3,(H,7,12). The van der Waals surface area contributed by atoms with Crippen LogP contribution in [0.25, 0.3) is 0 Å². The van der Waals surface area contributed by atoms with Crippen molar-refractivity contribution in [2.45, 2.75) is 19.1 Å². The summed E-state index contributed by atoms with van der Waals surface area (Å²) < 4.78 is 0. The number of hydrogen-bond donors (Lipinski definition) is 4. The van der Waals surface area contributed by atoms with Gasteiger partial charge in [0.25, 0.3) is 5.91 Å². The monoisotopic (exact) mass is 193 g/mol. The number of aliphatic hydroxyl groups excluding tert-OH is 3. The van der Waals surface area contributed by atoms with Gasteiger partial charge in [-0.15, -0.1) is 0 Å². The second-order valence-corrected chi connectivity index (χ2v) is 2.25. The molecule has 1 amide bonds. The Morgan fingerprint density at radius 2 is 2.00 bits per heavy atom. The Morgan fingerprint density at radius 1 is 1.46 bits per heavy atom. The third-order valence-electron chi connectivity index (χ3n) is 1.12. The van der Waals surface area contributed by atoms with Crippen LogP contribution in [0.5, 0.6) is 0 Å². The van der Waals surface area contributed by atoms with E-state index in [0.717, 1.165) is 6.92 Å². The Balaban J connectivity index is 3.89. The van der Waals surface area contributed by atoms with Crippen LogP contribution in [0.3, 0.4) is 0 Å². The number of aliphatic hydroxyl groups is 3. The molecule has 0 bridgehead atoms. The molecule has 7 heteroatoms. The first-order chi connectivity index (χ1) is 5.99. The first kappa shape index (κ1) is 11.8. The summed E-state index contributed by atoms with van der Waals surface area (Å²) in [5.41, 5.74) is 1.59. The summed E-state index contributed by atoms with van der Waals surface area (Å²) in [5.74, 6) is -1.87. The van der Waals surface area contributed by atoms with Gasteiger partial charge in [-0.1, -0.05) is 0 Å². The van der Waals surface area contributed by atoms with Crippen molar-refractivity contribution in [3.63, 3.8) is 0 Å². The number of rotatable bonds is 3. The molecule has 0 radical (unpaired) electrons. The molecular weight excluding hydrogens is 182 g/mol. The van der Waals surface area contributed by atoms with Crippen molar-refractivity contribution >= 4 is 11.9 Å². The van der Waals surface area contributed by atoms with Crippen LogP contribution in [0.15, 0.2) is 0 Å². The molecule has 0 saturated carbocycles. The molecule has 2 atom stereocenters. The third-order valence-corrected chi connectivity index (χ3v) is 1.12. The maximum atomic E-state index is 10.7. The Kier molecular flexibility index (Phi) is 4.97. The average Bonchev–Trinajstić information content (AvgIpc) is 2.11. The zero-order chi connectivity index (χ0) is 10.4. The molecule has 0 aromatic heterocycles. The summed E-state index contributed by atoms with van der Waals surface area (Å²) in [6, 6.07) is 0. The molecule has 0 rings (SSSR count). The molecule has 0 saturated heterocycles. The highest BCUT2D eigenvalue weighted by molar-refractivity contribution is 5.81. The first-order valence-electron chi connectivity index (χ1n) is 3.43. The third kappa shape index (κ3) is 4.41. The van der Waals surface area contributed by atoms with Crippen LogP contribution in [-0.4, -0.2) is 46.0 Å². The summed E-state index contributed by atoms with van der Waals surface area (Å²) in [5, 5.41) is 26.0. The molecule has 0 aromatic rings. The summed E-state index contributed by atoms with van der Waals surface area (Å²) in [7, 11) is 0. The van der Waals surface area contributed by atoms with Gasteiger partial charge in [0.1, 0.15) is 6.10 Å². The Hall–Kier alpha value is -1.18. The van der Waals surface area contributed by atoms with Gasteiger partial charge in [-0.2, -0.15) is 5.48 Å². The molecular formula is C6H11NO6. The highest BCUT2D eigenvalue weighted by atomic mass is 16.7. The van der Waals surface area contributed by atoms with Gasteiger partial charge >= 0.3 is 5.97 Å². The summed E-state index contributed by atoms with van der Waals surface area (Å²) in [4.78, 5) is 24.9. The fourth-order valence-electron chi connectivity index (χ4n) is 0.457. The highest BCUT2D eigenvalue weighted by Crippen LogP contribution is 1.92. The fraction of sp³-hybridized carbons (Fsp3) is 0.667. The van der Waals surface area contributed by atoms with Gasteiger partial charge in [0.15, 0.2) is 6.10 Å². The molecule has 0 aliphatic rings. The van der Waals surface area contributed by atoms with Crippen LogP contribution in [-0.2, 0) is 14.4 Å². The van der Waals surface area contributed by atoms with E-state index in [1.165, 1.54) is 0 Å². The molecule has 7 nitrogen and oxygen atoms in total. The van der Waals surface area contributed by atoms with Gasteiger partial charge in [-0.05, 0) is 0 Å². The second kappa shape index (κ2) is 5.46. The van der Waals surface area contributed by atoms with Crippen LogP contribution in [0.4, 0.5) is 0 Å². The second-order valence-electron chi connectivity index (χ2n) is 2.25. The zero-order valence-electron chi connectivity index (χ0n) is 6.93. The minimum atomic E-state index is -1.83. The van der Waals surface area contributed by atoms with E-state index in [-0.39, 0.29) is 0 Å². The smallest absolute Gasteiger partial charge is 0.329 e. The van der Waals surface area contributed by atoms with E-state index in [0.29, 0.717) is 0 Å². The normalized spacial score (nSPS) is 14.5. The van der Waals surface area contributed by atoms with Gasteiger partial charge in [0.2, 0.25) is 0 Å². The molecule has 0 heterocycles. The minimum absolute atomic E-state index is 0.765. The van der Waals surface area contributed by atoms with Crippen LogP contribution in [0.2, 0.25) is 0 Å². The van der Waals surface area contributed by atoms with Crippen molar-refractivity contribution in [1.29, 1.82) is 0 Å². The zero-order valence-corrected chi connectivity index (χ0v) is 6.93. The van der Waals surface area contributed by atoms with E-state index >= 15 is 0 Å². The molecule has 0 fully saturated rings. The van der Waals surface area contributed by atoms with Crippen LogP contribution >= 0.6 is 0 Å². The van der Waals surface area contributed by atoms with Crippen molar-refractivity contribution < 1.29 is 29.7 Å². The molecule has 0 aromatic carbocycles. The predicted octanol–water partition coefficient (Wildman–Crippen LogP) is -2.71. The molecule has 2 unspecified atom stereocenters. The van der Waals surface area contributed by atoms with Crippen molar-refractivity contribution in [2.75, 3.05) is 6.61 Å². The molecule has 0 spiro atoms. The predicted molar refractivity (Wildman–Crippen MR) is 39.0 cm³/mol. The van der Waals surface area contributed by atoms with Crippen molar-refractivity contribution in [3.05, 3.63) is 0 Å². The van der Waals surface area contributed by atoms with E-state index in [1.54, 1.807) is 5.48 Å². The van der Waals surface area contributed by atoms with Gasteiger partial charge in [-0.3, -0.25) is 9.59 Å². The Labute approximate surface area is 73.9 Å². The number of nitrogens with one attached hydrogen (secondary N) is 1. The van der Waals surface area contributed by atoms with Gasteiger partial charge in [-0.25, -0.2) is 0 Å². The number of carbonyl (C=O) groups is 2. The summed E-state index contributed by atoms with van der Waals surface area (Å²) >= 11 is 0. The van der Waals surface area contributed by atoms with Crippen LogP contribution in [0.1, 0.15) is 6.92 Å². The lowest BCUT2D eigenvalue weighted by Gasteiger charge is -2.13. The lowest BCUT2D eigenvalue weighted by Crippen LogP contribution is -2.44. The average molecular weight is 193 g/mol. The van der Waals surface area contributed by atoms with Gasteiger partial charge < -0.3 is 20.2 Å². The molecule has 4 N–H and O–H groups in total. The Bertz CT molecular complexity index is 194. The van der Waals surface area contributed by atoms with Crippen molar-refractivity contribution in [3.8, 4) is 0 Å². The number of amides is 1. The quantitative estimate of drug-likeness (QED) is 0.362. The Morgan fingerprint density at radius 3 is 2.38 bits per heavy atom. The maximum absolute atomic E-state index is 10.7. The van der Waals surface area contributed by atoms with Crippen molar-refractivity contribution in [1.82, 2.24) is 5.48 Å². The summed E-state index contributed by atoms with van der Waals surface area (Å²) in [6.45, 7) is 0.282. The number of hydroxylamine groups is 1. The van der Waals surface area contributed by atoms with E-state index in [1.807, 2.05) is 0 Å². The van der Waals surface area contributed by atoms with Gasteiger partial charge in [0, 0.05) is 6.92 Å². The number of carbonyl (C=O) groups excluding carboxylic acids is 2.